The second-order valence-electron chi connectivity index (χ2n) is 7.04. The van der Waals surface area contributed by atoms with Crippen LogP contribution in [0.25, 0.3) is 0 Å². The Balaban J connectivity index is 3.01. The third-order valence-corrected chi connectivity index (χ3v) is 9.31. The summed E-state index contributed by atoms with van der Waals surface area (Å²) >= 11 is -1.97. The van der Waals surface area contributed by atoms with Gasteiger partial charge in [-0.1, -0.05) is 0 Å². The summed E-state index contributed by atoms with van der Waals surface area (Å²) < 4.78 is 0.282. The SMILES string of the molecule is C=C/C=C(\C=C)CN1C(=O)[CH]([Ge]([CH3])([CH3])[CH3])CC1(C)C. The van der Waals surface area contributed by atoms with E-state index in [9.17, 15) is 4.79 Å². The zero-order valence-electron chi connectivity index (χ0n) is 13.0. The third kappa shape index (κ3) is 3.62. The van der Waals surface area contributed by atoms with E-state index in [4.69, 9.17) is 0 Å². The topological polar surface area (TPSA) is 20.3 Å². The quantitative estimate of drug-likeness (QED) is 0.553. The Morgan fingerprint density at radius 3 is 2.37 bits per heavy atom. The molecule has 1 heterocycles. The van der Waals surface area contributed by atoms with Crippen LogP contribution in [0.15, 0.2) is 37.0 Å². The molecule has 1 unspecified atom stereocenters. The minimum absolute atomic E-state index is 0.0520. The van der Waals surface area contributed by atoms with Crippen LogP contribution >= 0.6 is 0 Å². The van der Waals surface area contributed by atoms with Gasteiger partial charge >= 0.3 is 120 Å². The Morgan fingerprint density at radius 2 is 2.00 bits per heavy atom. The molecule has 1 rings (SSSR count). The third-order valence-electron chi connectivity index (χ3n) is 3.98. The first kappa shape index (κ1) is 16.3. The summed E-state index contributed by atoms with van der Waals surface area (Å²) in [7, 11) is 0. The number of allylic oxidation sites excluding steroid dienone is 2. The van der Waals surface area contributed by atoms with Crippen molar-refractivity contribution in [3.8, 4) is 0 Å². The van der Waals surface area contributed by atoms with E-state index in [0.717, 1.165) is 12.0 Å². The van der Waals surface area contributed by atoms with E-state index in [0.29, 0.717) is 12.5 Å². The molecule has 1 fully saturated rings. The summed E-state index contributed by atoms with van der Waals surface area (Å²) in [6.07, 6.45) is 6.50. The maximum atomic E-state index is 12.7. The summed E-state index contributed by atoms with van der Waals surface area (Å²) in [6, 6.07) is 0. The Bertz CT molecular complexity index is 415. The summed E-state index contributed by atoms with van der Waals surface area (Å²) in [6.45, 7) is 12.5. The van der Waals surface area contributed by atoms with Crippen molar-refractivity contribution < 1.29 is 4.79 Å². The van der Waals surface area contributed by atoms with Crippen molar-refractivity contribution in [2.45, 2.75) is 47.8 Å². The van der Waals surface area contributed by atoms with Crippen molar-refractivity contribution >= 4 is 19.2 Å². The van der Waals surface area contributed by atoms with Gasteiger partial charge in [0.1, 0.15) is 0 Å². The number of hydrogen-bond acceptors (Lipinski definition) is 1. The van der Waals surface area contributed by atoms with Gasteiger partial charge in [0, 0.05) is 0 Å². The normalized spacial score (nSPS) is 23.6. The molecule has 1 aliphatic rings. The standard InChI is InChI=1S/C16H27GeNO/c1-8-10-13(9-2)12-18-15(19)14(17(5,6)7)11-16(18,3)4/h8-10,14H,1-2,11-12H2,3-7H3/b13-10+. The predicted octanol–water partition coefficient (Wildman–Crippen LogP) is 4.00. The molecule has 0 saturated carbocycles. The number of rotatable bonds is 5. The van der Waals surface area contributed by atoms with E-state index in [2.05, 4.69) is 44.3 Å². The van der Waals surface area contributed by atoms with E-state index in [1.165, 1.54) is 0 Å². The average molecular weight is 322 g/mol. The fourth-order valence-electron chi connectivity index (χ4n) is 2.67. The first-order chi connectivity index (χ1) is 8.63. The van der Waals surface area contributed by atoms with E-state index in [1.807, 2.05) is 17.1 Å². The number of nitrogens with zero attached hydrogens (tertiary/aromatic N) is 1. The number of hydrogen-bond donors (Lipinski definition) is 0. The predicted molar refractivity (Wildman–Crippen MR) is 86.0 cm³/mol. The molecule has 1 saturated heterocycles. The van der Waals surface area contributed by atoms with Gasteiger partial charge in [-0.25, -0.2) is 0 Å². The maximum absolute atomic E-state index is 12.7. The second kappa shape index (κ2) is 5.70. The number of carbonyl (C=O) groups excluding carboxylic acids is 1. The fourth-order valence-corrected chi connectivity index (χ4v) is 6.89. The van der Waals surface area contributed by atoms with Crippen LogP contribution in [0.4, 0.5) is 0 Å². The summed E-state index contributed by atoms with van der Waals surface area (Å²) in [5, 5.41) is 0. The fraction of sp³-hybridized carbons (Fsp3) is 0.562. The van der Waals surface area contributed by atoms with Gasteiger partial charge < -0.3 is 0 Å². The first-order valence-corrected chi connectivity index (χ1v) is 14.4. The van der Waals surface area contributed by atoms with Crippen LogP contribution < -0.4 is 0 Å². The van der Waals surface area contributed by atoms with E-state index >= 15 is 0 Å². The van der Waals surface area contributed by atoms with E-state index in [1.54, 1.807) is 6.08 Å². The van der Waals surface area contributed by atoms with Crippen LogP contribution in [0.1, 0.15) is 20.3 Å². The summed E-state index contributed by atoms with van der Waals surface area (Å²) in [5.74, 6) is 7.33. The van der Waals surface area contributed by atoms with Crippen molar-refractivity contribution in [1.82, 2.24) is 4.90 Å². The molecule has 0 bridgehead atoms. The van der Waals surface area contributed by atoms with Gasteiger partial charge in [-0.05, 0) is 0 Å². The molecule has 2 nitrogen and oxygen atoms in total. The zero-order valence-corrected chi connectivity index (χ0v) is 15.1. The molecule has 0 N–H and O–H groups in total. The van der Waals surface area contributed by atoms with Crippen molar-refractivity contribution in [2.24, 2.45) is 0 Å². The van der Waals surface area contributed by atoms with Crippen LogP contribution in [-0.4, -0.2) is 36.2 Å². The van der Waals surface area contributed by atoms with Crippen LogP contribution in [0, 0.1) is 0 Å². The summed E-state index contributed by atoms with van der Waals surface area (Å²) in [4.78, 5) is 14.7. The molecule has 0 aliphatic carbocycles. The number of likely N-dealkylation sites (tertiary alicyclic amines) is 1. The van der Waals surface area contributed by atoms with Crippen LogP contribution in [-0.2, 0) is 4.79 Å². The Hall–Kier alpha value is -0.767. The van der Waals surface area contributed by atoms with Gasteiger partial charge in [0.2, 0.25) is 0 Å². The Labute approximate surface area is 120 Å². The Morgan fingerprint density at radius 1 is 1.42 bits per heavy atom. The van der Waals surface area contributed by atoms with Gasteiger partial charge in [-0.15, -0.1) is 0 Å². The van der Waals surface area contributed by atoms with Gasteiger partial charge in [0.15, 0.2) is 0 Å². The minimum atomic E-state index is -1.97. The van der Waals surface area contributed by atoms with Crippen LogP contribution in [0.3, 0.4) is 0 Å². The number of carbonyl (C=O) groups is 1. The van der Waals surface area contributed by atoms with Crippen LogP contribution in [0.2, 0.25) is 22.0 Å². The van der Waals surface area contributed by atoms with Gasteiger partial charge in [0.05, 0.1) is 0 Å². The average Bonchev–Trinajstić information content (AvgIpc) is 2.51. The molecular weight excluding hydrogens is 295 g/mol. The molecule has 0 aromatic carbocycles. The van der Waals surface area contributed by atoms with E-state index < -0.39 is 13.3 Å². The first-order valence-electron chi connectivity index (χ1n) is 6.89. The molecule has 0 radical (unpaired) electrons. The molecule has 0 aromatic heterocycles. The molecule has 0 spiro atoms. The van der Waals surface area contributed by atoms with Crippen molar-refractivity contribution in [3.05, 3.63) is 37.0 Å². The van der Waals surface area contributed by atoms with Gasteiger partial charge in [0.25, 0.3) is 0 Å². The van der Waals surface area contributed by atoms with E-state index in [-0.39, 0.29) is 10.3 Å². The molecule has 1 aliphatic heterocycles. The monoisotopic (exact) mass is 323 g/mol. The van der Waals surface area contributed by atoms with Crippen LogP contribution in [0.5, 0.6) is 0 Å². The zero-order chi connectivity index (χ0) is 14.8. The van der Waals surface area contributed by atoms with Gasteiger partial charge in [-0.3, -0.25) is 0 Å². The van der Waals surface area contributed by atoms with Gasteiger partial charge in [-0.2, -0.15) is 0 Å². The molecule has 3 heteroatoms. The molecule has 0 aromatic rings. The van der Waals surface area contributed by atoms with Crippen molar-refractivity contribution in [3.63, 3.8) is 0 Å². The van der Waals surface area contributed by atoms with Crippen molar-refractivity contribution in [2.75, 3.05) is 6.54 Å². The Kier molecular flexibility index (Phi) is 4.88. The molecule has 106 valence electrons. The molecule has 1 amide bonds. The second-order valence-corrected chi connectivity index (χ2v) is 18.4. The molecular formula is C16H27GeNO. The summed E-state index contributed by atoms with van der Waals surface area (Å²) in [5.41, 5.74) is 1.00. The molecule has 19 heavy (non-hydrogen) atoms. The van der Waals surface area contributed by atoms with Crippen molar-refractivity contribution in [1.29, 1.82) is 0 Å². The molecule has 1 atom stereocenters. The number of amides is 1.